The molecule has 0 saturated carbocycles. The second-order valence-electron chi connectivity index (χ2n) is 5.87. The van der Waals surface area contributed by atoms with Gasteiger partial charge in [0.25, 0.3) is 0 Å². The number of anilines is 1. The van der Waals surface area contributed by atoms with Crippen molar-refractivity contribution >= 4 is 32.4 Å². The third-order valence-electron chi connectivity index (χ3n) is 3.81. The molecule has 26 heavy (non-hydrogen) atoms. The Hall–Kier alpha value is -2.45. The quantitative estimate of drug-likeness (QED) is 0.482. The minimum atomic E-state index is 0.726. The van der Waals surface area contributed by atoms with E-state index in [9.17, 15) is 0 Å². The van der Waals surface area contributed by atoms with Crippen molar-refractivity contribution in [2.75, 3.05) is 5.32 Å². The van der Waals surface area contributed by atoms with E-state index in [-0.39, 0.29) is 0 Å². The monoisotopic (exact) mass is 428 g/mol. The minimum Gasteiger partial charge on any atom is -0.357 e. The maximum atomic E-state index is 4.46. The SMILES string of the molecule is Brc1cnn(Cc2cnc(NCc3cccc(Cn4cccn4)c3)s2)c1. The van der Waals surface area contributed by atoms with Gasteiger partial charge in [0.15, 0.2) is 5.13 Å². The largest absolute Gasteiger partial charge is 0.357 e. The highest BCUT2D eigenvalue weighted by molar-refractivity contribution is 9.10. The van der Waals surface area contributed by atoms with Gasteiger partial charge in [-0.15, -0.1) is 11.3 Å². The number of aromatic nitrogens is 5. The summed E-state index contributed by atoms with van der Waals surface area (Å²) < 4.78 is 4.79. The number of benzene rings is 1. The van der Waals surface area contributed by atoms with E-state index < -0.39 is 0 Å². The second kappa shape index (κ2) is 7.84. The Labute approximate surface area is 163 Å². The third kappa shape index (κ3) is 4.39. The predicted molar refractivity (Wildman–Crippen MR) is 106 cm³/mol. The Morgan fingerprint density at radius 1 is 1.04 bits per heavy atom. The fourth-order valence-corrected chi connectivity index (χ4v) is 3.77. The maximum absolute atomic E-state index is 4.46. The lowest BCUT2D eigenvalue weighted by atomic mass is 10.1. The standard InChI is InChI=1S/C18H17BrN6S/c19-16-9-23-25(12-16)13-17-10-21-18(26-17)20-8-14-3-1-4-15(7-14)11-24-6-2-5-22-24/h1-7,9-10,12H,8,11,13H2,(H,20,21). The van der Waals surface area contributed by atoms with E-state index in [1.54, 1.807) is 23.7 Å². The van der Waals surface area contributed by atoms with Crippen LogP contribution in [0.3, 0.4) is 0 Å². The Kier molecular flexibility index (Phi) is 5.12. The molecular weight excluding hydrogens is 412 g/mol. The zero-order chi connectivity index (χ0) is 17.8. The van der Waals surface area contributed by atoms with E-state index in [1.807, 2.05) is 34.0 Å². The maximum Gasteiger partial charge on any atom is 0.183 e. The number of halogens is 1. The van der Waals surface area contributed by atoms with Crippen LogP contribution < -0.4 is 5.32 Å². The predicted octanol–water partition coefficient (Wildman–Crippen LogP) is 4.01. The molecule has 0 aliphatic carbocycles. The molecule has 0 amide bonds. The van der Waals surface area contributed by atoms with Gasteiger partial charge >= 0.3 is 0 Å². The molecular formula is C18H17BrN6S. The van der Waals surface area contributed by atoms with Crippen LogP contribution in [-0.2, 0) is 19.6 Å². The lowest BCUT2D eigenvalue weighted by molar-refractivity contribution is 0.686. The highest BCUT2D eigenvalue weighted by atomic mass is 79.9. The van der Waals surface area contributed by atoms with Crippen LogP contribution in [0.25, 0.3) is 0 Å². The summed E-state index contributed by atoms with van der Waals surface area (Å²) in [5.74, 6) is 0. The van der Waals surface area contributed by atoms with Gasteiger partial charge in [-0.3, -0.25) is 9.36 Å². The molecule has 0 aliphatic heterocycles. The van der Waals surface area contributed by atoms with E-state index in [2.05, 4.69) is 60.7 Å². The Balaban J connectivity index is 1.35. The van der Waals surface area contributed by atoms with Crippen molar-refractivity contribution < 1.29 is 0 Å². The van der Waals surface area contributed by atoms with Crippen molar-refractivity contribution in [3.05, 3.63) is 81.8 Å². The van der Waals surface area contributed by atoms with E-state index in [0.29, 0.717) is 0 Å². The highest BCUT2D eigenvalue weighted by Gasteiger charge is 2.05. The fraction of sp³-hybridized carbons (Fsp3) is 0.167. The Bertz CT molecular complexity index is 975. The molecule has 8 heteroatoms. The molecule has 4 rings (SSSR count). The van der Waals surface area contributed by atoms with Gasteiger partial charge < -0.3 is 5.32 Å². The topological polar surface area (TPSA) is 60.6 Å². The fourth-order valence-electron chi connectivity index (χ4n) is 2.64. The van der Waals surface area contributed by atoms with Gasteiger partial charge in [0.2, 0.25) is 0 Å². The van der Waals surface area contributed by atoms with Gasteiger partial charge in [0, 0.05) is 36.2 Å². The molecule has 6 nitrogen and oxygen atoms in total. The van der Waals surface area contributed by atoms with Crippen LogP contribution in [0, 0.1) is 0 Å². The zero-order valence-corrected chi connectivity index (χ0v) is 16.3. The summed E-state index contributed by atoms with van der Waals surface area (Å²) >= 11 is 5.06. The van der Waals surface area contributed by atoms with Gasteiger partial charge in [0.1, 0.15) is 0 Å². The van der Waals surface area contributed by atoms with Gasteiger partial charge in [0.05, 0.1) is 23.8 Å². The number of nitrogens with zero attached hydrogens (tertiary/aromatic N) is 5. The first-order valence-corrected chi connectivity index (χ1v) is 9.77. The molecule has 0 aliphatic rings. The molecule has 0 unspecified atom stereocenters. The van der Waals surface area contributed by atoms with Crippen LogP contribution in [0.2, 0.25) is 0 Å². The molecule has 1 aromatic carbocycles. The number of thiazole rings is 1. The van der Waals surface area contributed by atoms with Crippen molar-refractivity contribution in [2.24, 2.45) is 0 Å². The average molecular weight is 429 g/mol. The molecule has 3 heterocycles. The number of hydrogen-bond donors (Lipinski definition) is 1. The van der Waals surface area contributed by atoms with E-state index >= 15 is 0 Å². The molecule has 3 aromatic heterocycles. The molecule has 132 valence electrons. The molecule has 0 spiro atoms. The van der Waals surface area contributed by atoms with Gasteiger partial charge in [-0.25, -0.2) is 4.98 Å². The first-order chi connectivity index (χ1) is 12.7. The molecule has 0 fully saturated rings. The van der Waals surface area contributed by atoms with Crippen LogP contribution in [0.5, 0.6) is 0 Å². The van der Waals surface area contributed by atoms with Crippen LogP contribution in [0.1, 0.15) is 16.0 Å². The van der Waals surface area contributed by atoms with Crippen LogP contribution in [0.4, 0.5) is 5.13 Å². The van der Waals surface area contributed by atoms with Crippen LogP contribution >= 0.6 is 27.3 Å². The van der Waals surface area contributed by atoms with Crippen molar-refractivity contribution in [1.29, 1.82) is 0 Å². The normalized spacial score (nSPS) is 11.0. The number of rotatable bonds is 7. The third-order valence-corrected chi connectivity index (χ3v) is 5.16. The van der Waals surface area contributed by atoms with E-state index in [0.717, 1.165) is 34.1 Å². The molecule has 0 radical (unpaired) electrons. The Morgan fingerprint density at radius 2 is 1.96 bits per heavy atom. The van der Waals surface area contributed by atoms with Crippen molar-refractivity contribution in [1.82, 2.24) is 24.5 Å². The summed E-state index contributed by atoms with van der Waals surface area (Å²) in [5, 5.41) is 12.9. The molecule has 1 N–H and O–H groups in total. The van der Waals surface area contributed by atoms with Crippen LogP contribution in [0.15, 0.2) is 65.8 Å². The van der Waals surface area contributed by atoms with Gasteiger partial charge in [-0.1, -0.05) is 24.3 Å². The summed E-state index contributed by atoms with van der Waals surface area (Å²) in [5.41, 5.74) is 2.46. The smallest absolute Gasteiger partial charge is 0.183 e. The first-order valence-electron chi connectivity index (χ1n) is 8.16. The van der Waals surface area contributed by atoms with Crippen LogP contribution in [-0.4, -0.2) is 24.5 Å². The number of hydrogen-bond acceptors (Lipinski definition) is 5. The average Bonchev–Trinajstić information content (AvgIpc) is 3.37. The first kappa shape index (κ1) is 17.0. The molecule has 0 bridgehead atoms. The van der Waals surface area contributed by atoms with Gasteiger partial charge in [-0.2, -0.15) is 10.2 Å². The summed E-state index contributed by atoms with van der Waals surface area (Å²) in [6, 6.07) is 10.5. The zero-order valence-electron chi connectivity index (χ0n) is 13.9. The number of nitrogens with one attached hydrogen (secondary N) is 1. The van der Waals surface area contributed by atoms with Crippen molar-refractivity contribution in [2.45, 2.75) is 19.6 Å². The lowest BCUT2D eigenvalue weighted by Gasteiger charge is -2.06. The van der Waals surface area contributed by atoms with E-state index in [4.69, 9.17) is 0 Å². The lowest BCUT2D eigenvalue weighted by Crippen LogP contribution is -2.02. The highest BCUT2D eigenvalue weighted by Crippen LogP contribution is 2.20. The van der Waals surface area contributed by atoms with E-state index in [1.165, 1.54) is 11.1 Å². The molecule has 4 aromatic rings. The molecule has 0 saturated heterocycles. The Morgan fingerprint density at radius 3 is 2.77 bits per heavy atom. The summed E-state index contributed by atoms with van der Waals surface area (Å²) in [4.78, 5) is 5.62. The summed E-state index contributed by atoms with van der Waals surface area (Å²) in [7, 11) is 0. The second-order valence-corrected chi connectivity index (χ2v) is 7.90. The van der Waals surface area contributed by atoms with Crippen molar-refractivity contribution in [3.8, 4) is 0 Å². The summed E-state index contributed by atoms with van der Waals surface area (Å²) in [6.07, 6.45) is 9.42. The minimum absolute atomic E-state index is 0.726. The summed E-state index contributed by atoms with van der Waals surface area (Å²) in [6.45, 7) is 2.25. The van der Waals surface area contributed by atoms with Gasteiger partial charge in [-0.05, 0) is 33.1 Å². The molecule has 0 atom stereocenters. The van der Waals surface area contributed by atoms with Crippen molar-refractivity contribution in [3.63, 3.8) is 0 Å².